The molecule has 0 radical (unpaired) electrons. The van der Waals surface area contributed by atoms with E-state index in [9.17, 15) is 22.4 Å². The molecule has 0 unspecified atom stereocenters. The summed E-state index contributed by atoms with van der Waals surface area (Å²) in [4.78, 5) is 17.0. The predicted molar refractivity (Wildman–Crippen MR) is 116 cm³/mol. The molecular weight excluding hydrogens is 499 g/mol. The van der Waals surface area contributed by atoms with E-state index in [1.54, 1.807) is 0 Å². The van der Waals surface area contributed by atoms with Gasteiger partial charge in [0, 0.05) is 34.5 Å². The van der Waals surface area contributed by atoms with Gasteiger partial charge in [-0.3, -0.25) is 9.48 Å². The van der Waals surface area contributed by atoms with Crippen LogP contribution in [-0.4, -0.2) is 30.3 Å². The summed E-state index contributed by atoms with van der Waals surface area (Å²) < 4.78 is 56.6. The van der Waals surface area contributed by atoms with Gasteiger partial charge in [-0.25, -0.2) is 13.9 Å². The maximum atomic E-state index is 14.1. The van der Waals surface area contributed by atoms with Gasteiger partial charge in [-0.15, -0.1) is 0 Å². The molecule has 7 nitrogen and oxygen atoms in total. The van der Waals surface area contributed by atoms with Crippen LogP contribution in [0.15, 0.2) is 36.5 Å². The Kier molecular flexibility index (Phi) is 5.48. The van der Waals surface area contributed by atoms with E-state index in [-0.39, 0.29) is 45.2 Å². The molecule has 34 heavy (non-hydrogen) atoms. The van der Waals surface area contributed by atoms with Gasteiger partial charge in [-0.2, -0.15) is 23.4 Å². The van der Waals surface area contributed by atoms with Crippen molar-refractivity contribution in [2.75, 3.05) is 5.32 Å². The van der Waals surface area contributed by atoms with Crippen LogP contribution in [0, 0.1) is 5.82 Å². The number of anilines is 1. The standard InChI is InChI=1S/C21H14Cl2F4N6O/c22-12-2-1-3-14(24)11(12)8-32-9-13(23)19(31-32)29-20(34)16-7-18-28-15(10-4-5-10)6-17(21(25,26)27)33(18)30-16/h1-3,6-7,9-10H,4-5,8H2,(H,29,31,34). The zero-order valence-corrected chi connectivity index (χ0v) is 18.6. The number of benzene rings is 1. The lowest BCUT2D eigenvalue weighted by Crippen LogP contribution is -2.16. The number of amides is 1. The van der Waals surface area contributed by atoms with Gasteiger partial charge in [-0.1, -0.05) is 29.3 Å². The van der Waals surface area contributed by atoms with E-state index in [1.807, 2.05) is 0 Å². The Hall–Kier alpha value is -3.18. The van der Waals surface area contributed by atoms with E-state index in [0.29, 0.717) is 10.2 Å². The topological polar surface area (TPSA) is 77.1 Å². The van der Waals surface area contributed by atoms with Crippen LogP contribution in [-0.2, 0) is 12.7 Å². The first-order valence-corrected chi connectivity index (χ1v) is 10.8. The van der Waals surface area contributed by atoms with Gasteiger partial charge in [0.05, 0.1) is 6.54 Å². The van der Waals surface area contributed by atoms with Gasteiger partial charge in [0.25, 0.3) is 5.91 Å². The highest BCUT2D eigenvalue weighted by atomic mass is 35.5. The van der Waals surface area contributed by atoms with E-state index in [0.717, 1.165) is 18.9 Å². The van der Waals surface area contributed by atoms with Crippen molar-refractivity contribution in [2.45, 2.75) is 31.5 Å². The second-order valence-electron chi connectivity index (χ2n) is 7.82. The monoisotopic (exact) mass is 512 g/mol. The zero-order valence-electron chi connectivity index (χ0n) is 17.1. The van der Waals surface area contributed by atoms with Crippen LogP contribution in [0.3, 0.4) is 0 Å². The molecule has 1 aromatic carbocycles. The molecular formula is C21H14Cl2F4N6O. The number of carbonyl (C=O) groups is 1. The molecule has 1 saturated carbocycles. The normalized spacial score (nSPS) is 14.1. The van der Waals surface area contributed by atoms with Crippen molar-refractivity contribution < 1.29 is 22.4 Å². The van der Waals surface area contributed by atoms with E-state index >= 15 is 0 Å². The molecule has 3 aromatic heterocycles. The summed E-state index contributed by atoms with van der Waals surface area (Å²) in [7, 11) is 0. The number of fused-ring (bicyclic) bond motifs is 1. The number of nitrogens with zero attached hydrogens (tertiary/aromatic N) is 5. The van der Waals surface area contributed by atoms with Gasteiger partial charge in [0.1, 0.15) is 16.5 Å². The van der Waals surface area contributed by atoms with Crippen LogP contribution in [0.25, 0.3) is 5.65 Å². The van der Waals surface area contributed by atoms with Gasteiger partial charge in [-0.05, 0) is 31.0 Å². The summed E-state index contributed by atoms with van der Waals surface area (Å²) >= 11 is 12.2. The molecule has 3 heterocycles. The van der Waals surface area contributed by atoms with Crippen molar-refractivity contribution in [2.24, 2.45) is 0 Å². The summed E-state index contributed by atoms with van der Waals surface area (Å²) in [5.74, 6) is -1.46. The molecule has 176 valence electrons. The summed E-state index contributed by atoms with van der Waals surface area (Å²) in [6, 6.07) is 6.36. The van der Waals surface area contributed by atoms with Crippen molar-refractivity contribution >= 4 is 40.6 Å². The van der Waals surface area contributed by atoms with Crippen molar-refractivity contribution in [3.63, 3.8) is 0 Å². The summed E-state index contributed by atoms with van der Waals surface area (Å²) in [5.41, 5.74) is -0.900. The Morgan fingerprint density at radius 1 is 1.15 bits per heavy atom. The Morgan fingerprint density at radius 2 is 1.91 bits per heavy atom. The SMILES string of the molecule is O=C(Nc1nn(Cc2c(F)cccc2Cl)cc1Cl)c1cc2nc(C3CC3)cc(C(F)(F)F)n2n1. The first-order valence-electron chi connectivity index (χ1n) is 10.1. The Labute approximate surface area is 199 Å². The number of carbonyl (C=O) groups excluding carboxylic acids is 1. The second kappa shape index (κ2) is 8.24. The lowest BCUT2D eigenvalue weighted by atomic mass is 10.2. The first-order chi connectivity index (χ1) is 16.1. The van der Waals surface area contributed by atoms with Crippen LogP contribution < -0.4 is 5.32 Å². The van der Waals surface area contributed by atoms with Gasteiger partial charge >= 0.3 is 6.18 Å². The summed E-state index contributed by atoms with van der Waals surface area (Å²) in [5, 5.41) is 10.6. The van der Waals surface area contributed by atoms with Gasteiger partial charge in [0.15, 0.2) is 17.2 Å². The minimum absolute atomic E-state index is 0.0241. The number of hydrogen-bond acceptors (Lipinski definition) is 4. The minimum Gasteiger partial charge on any atom is -0.302 e. The van der Waals surface area contributed by atoms with E-state index in [4.69, 9.17) is 23.2 Å². The second-order valence-corrected chi connectivity index (χ2v) is 8.63. The average Bonchev–Trinajstić information content (AvgIpc) is 3.43. The summed E-state index contributed by atoms with van der Waals surface area (Å²) in [6.07, 6.45) is -1.79. The lowest BCUT2D eigenvalue weighted by Gasteiger charge is -2.10. The molecule has 1 aliphatic rings. The zero-order chi connectivity index (χ0) is 24.2. The van der Waals surface area contributed by atoms with Crippen LogP contribution in [0.5, 0.6) is 0 Å². The van der Waals surface area contributed by atoms with Crippen LogP contribution in [0.2, 0.25) is 10.0 Å². The van der Waals surface area contributed by atoms with Crippen LogP contribution in [0.4, 0.5) is 23.4 Å². The number of rotatable bonds is 5. The lowest BCUT2D eigenvalue weighted by molar-refractivity contribution is -0.142. The van der Waals surface area contributed by atoms with Crippen molar-refractivity contribution in [3.8, 4) is 0 Å². The molecule has 5 rings (SSSR count). The molecule has 0 atom stereocenters. The Balaban J connectivity index is 1.42. The third kappa shape index (κ3) is 4.32. The van der Waals surface area contributed by atoms with Crippen molar-refractivity contribution in [1.29, 1.82) is 0 Å². The third-order valence-corrected chi connectivity index (χ3v) is 5.93. The molecule has 13 heteroatoms. The van der Waals surface area contributed by atoms with E-state index < -0.39 is 23.6 Å². The molecule has 0 saturated heterocycles. The largest absolute Gasteiger partial charge is 0.433 e. The fourth-order valence-corrected chi connectivity index (χ4v) is 3.90. The maximum absolute atomic E-state index is 14.1. The highest BCUT2D eigenvalue weighted by molar-refractivity contribution is 6.33. The number of alkyl halides is 3. The predicted octanol–water partition coefficient (Wildman–Crippen LogP) is 5.57. The molecule has 1 N–H and O–H groups in total. The number of nitrogens with one attached hydrogen (secondary N) is 1. The third-order valence-electron chi connectivity index (χ3n) is 5.30. The first kappa shape index (κ1) is 22.6. The highest BCUT2D eigenvalue weighted by Crippen LogP contribution is 2.41. The molecule has 4 aromatic rings. The Morgan fingerprint density at radius 3 is 2.59 bits per heavy atom. The van der Waals surface area contributed by atoms with Crippen LogP contribution >= 0.6 is 23.2 Å². The van der Waals surface area contributed by atoms with E-state index in [1.165, 1.54) is 35.1 Å². The molecule has 0 bridgehead atoms. The number of halogens is 6. The van der Waals surface area contributed by atoms with Crippen LogP contribution in [0.1, 0.15) is 46.2 Å². The minimum atomic E-state index is -4.68. The molecule has 0 aliphatic heterocycles. The summed E-state index contributed by atoms with van der Waals surface area (Å²) in [6.45, 7) is -0.0573. The van der Waals surface area contributed by atoms with Crippen molar-refractivity contribution in [1.82, 2.24) is 24.4 Å². The number of aromatic nitrogens is 5. The van der Waals surface area contributed by atoms with Gasteiger partial charge in [0.2, 0.25) is 0 Å². The molecule has 1 amide bonds. The van der Waals surface area contributed by atoms with Gasteiger partial charge < -0.3 is 5.32 Å². The van der Waals surface area contributed by atoms with E-state index in [2.05, 4.69) is 20.5 Å². The quantitative estimate of drug-likeness (QED) is 0.354. The fraction of sp³-hybridized carbons (Fsp3) is 0.238. The molecule has 1 aliphatic carbocycles. The molecule has 1 fully saturated rings. The number of hydrogen-bond donors (Lipinski definition) is 1. The molecule has 0 spiro atoms. The fourth-order valence-electron chi connectivity index (χ4n) is 3.47. The van der Waals surface area contributed by atoms with Crippen molar-refractivity contribution in [3.05, 3.63) is 75.0 Å². The smallest absolute Gasteiger partial charge is 0.302 e. The highest BCUT2D eigenvalue weighted by Gasteiger charge is 2.37. The maximum Gasteiger partial charge on any atom is 0.433 e. The average molecular weight is 513 g/mol. The Bertz CT molecular complexity index is 1410.